The van der Waals surface area contributed by atoms with Gasteiger partial charge >= 0.3 is 0 Å². The largest absolute Gasteiger partial charge is 0.411 e. The van der Waals surface area contributed by atoms with Crippen molar-refractivity contribution in [1.82, 2.24) is 4.90 Å². The summed E-state index contributed by atoms with van der Waals surface area (Å²) in [5.74, 6) is 0. The van der Waals surface area contributed by atoms with Crippen molar-refractivity contribution in [1.29, 1.82) is 0 Å². The second-order valence-electron chi connectivity index (χ2n) is 4.11. The number of rotatable bonds is 3. The van der Waals surface area contributed by atoms with Crippen molar-refractivity contribution in [2.75, 3.05) is 6.54 Å². The predicted molar refractivity (Wildman–Crippen MR) is 69.0 cm³/mol. The van der Waals surface area contributed by atoms with Crippen molar-refractivity contribution in [3.8, 4) is 0 Å². The number of allylic oxidation sites excluding steroid dienone is 2. The molecule has 1 N–H and O–H groups in total. The molecule has 1 aliphatic rings. The molecule has 2 rings (SSSR count). The minimum atomic E-state index is 0.674. The molecule has 1 aromatic carbocycles. The molecule has 3 nitrogen and oxygen atoms in total. The van der Waals surface area contributed by atoms with Crippen LogP contribution in [0.25, 0.3) is 0 Å². The van der Waals surface area contributed by atoms with Crippen molar-refractivity contribution in [2.24, 2.45) is 5.16 Å². The van der Waals surface area contributed by atoms with Gasteiger partial charge < -0.3 is 10.1 Å². The Morgan fingerprint density at radius 3 is 2.82 bits per heavy atom. The lowest BCUT2D eigenvalue weighted by Gasteiger charge is -2.24. The fourth-order valence-electron chi connectivity index (χ4n) is 1.83. The molecular formula is C14H16N2O. The third-order valence-electron chi connectivity index (χ3n) is 2.81. The summed E-state index contributed by atoms with van der Waals surface area (Å²) < 4.78 is 0. The van der Waals surface area contributed by atoms with E-state index in [1.54, 1.807) is 0 Å². The SMILES string of the molecule is CC(=NO)C1=CC=CN(Cc2ccccc2)C1. The van der Waals surface area contributed by atoms with Crippen LogP contribution in [0, 0.1) is 0 Å². The number of hydrogen-bond acceptors (Lipinski definition) is 3. The van der Waals surface area contributed by atoms with Crippen LogP contribution in [0.4, 0.5) is 0 Å². The first-order chi connectivity index (χ1) is 8.29. The minimum Gasteiger partial charge on any atom is -0.411 e. The quantitative estimate of drug-likeness (QED) is 0.490. The molecule has 17 heavy (non-hydrogen) atoms. The van der Waals surface area contributed by atoms with Crippen molar-refractivity contribution < 1.29 is 5.21 Å². The van der Waals surface area contributed by atoms with Gasteiger partial charge in [0.25, 0.3) is 0 Å². The van der Waals surface area contributed by atoms with Gasteiger partial charge in [0, 0.05) is 13.1 Å². The number of benzene rings is 1. The molecular weight excluding hydrogens is 212 g/mol. The van der Waals surface area contributed by atoms with Gasteiger partial charge in [-0.3, -0.25) is 0 Å². The maximum atomic E-state index is 8.77. The van der Waals surface area contributed by atoms with Crippen LogP contribution in [-0.2, 0) is 6.54 Å². The first kappa shape index (κ1) is 11.5. The first-order valence-corrected chi connectivity index (χ1v) is 5.64. The lowest BCUT2D eigenvalue weighted by atomic mass is 10.1. The molecule has 1 aromatic rings. The van der Waals surface area contributed by atoms with E-state index >= 15 is 0 Å². The molecule has 0 aliphatic carbocycles. The molecule has 0 spiro atoms. The standard InChI is InChI=1S/C14H16N2O/c1-12(15-17)14-8-5-9-16(11-14)10-13-6-3-2-4-7-13/h2-9,17H,10-11H2,1H3. The summed E-state index contributed by atoms with van der Waals surface area (Å²) in [6.45, 7) is 3.46. The fourth-order valence-corrected chi connectivity index (χ4v) is 1.83. The zero-order valence-corrected chi connectivity index (χ0v) is 9.87. The van der Waals surface area contributed by atoms with Gasteiger partial charge in [0.1, 0.15) is 0 Å². The molecule has 88 valence electrons. The summed E-state index contributed by atoms with van der Waals surface area (Å²) in [7, 11) is 0. The van der Waals surface area contributed by atoms with E-state index in [0.717, 1.165) is 18.7 Å². The Bertz CT molecular complexity index is 460. The average molecular weight is 228 g/mol. The van der Waals surface area contributed by atoms with Crippen LogP contribution >= 0.6 is 0 Å². The first-order valence-electron chi connectivity index (χ1n) is 5.64. The maximum absolute atomic E-state index is 8.77. The van der Waals surface area contributed by atoms with Crippen molar-refractivity contribution in [2.45, 2.75) is 13.5 Å². The van der Waals surface area contributed by atoms with Gasteiger partial charge in [0.2, 0.25) is 0 Å². The summed E-state index contributed by atoms with van der Waals surface area (Å²) in [6.07, 6.45) is 6.02. The molecule has 0 unspecified atom stereocenters. The molecule has 0 bridgehead atoms. The van der Waals surface area contributed by atoms with E-state index in [-0.39, 0.29) is 0 Å². The van der Waals surface area contributed by atoms with Crippen molar-refractivity contribution in [3.05, 3.63) is 59.8 Å². The molecule has 0 aromatic heterocycles. The highest BCUT2D eigenvalue weighted by atomic mass is 16.4. The van der Waals surface area contributed by atoms with Gasteiger partial charge in [-0.1, -0.05) is 41.6 Å². The molecule has 0 saturated heterocycles. The van der Waals surface area contributed by atoms with Crippen molar-refractivity contribution >= 4 is 5.71 Å². The van der Waals surface area contributed by atoms with E-state index in [1.807, 2.05) is 37.3 Å². The summed E-state index contributed by atoms with van der Waals surface area (Å²) in [6, 6.07) is 10.3. The third kappa shape index (κ3) is 2.97. The summed E-state index contributed by atoms with van der Waals surface area (Å²) in [5.41, 5.74) is 3.00. The topological polar surface area (TPSA) is 35.8 Å². The molecule has 0 radical (unpaired) electrons. The third-order valence-corrected chi connectivity index (χ3v) is 2.81. The Morgan fingerprint density at radius 2 is 2.12 bits per heavy atom. The molecule has 0 saturated carbocycles. The normalized spacial score (nSPS) is 15.9. The zero-order chi connectivity index (χ0) is 12.1. The smallest absolute Gasteiger partial charge is 0.0814 e. The Hall–Kier alpha value is -2.03. The van der Waals surface area contributed by atoms with Crippen LogP contribution < -0.4 is 0 Å². The molecule has 0 amide bonds. The van der Waals surface area contributed by atoms with Crippen LogP contribution in [0.1, 0.15) is 12.5 Å². The molecule has 0 fully saturated rings. The second kappa shape index (κ2) is 5.34. The highest BCUT2D eigenvalue weighted by Crippen LogP contribution is 2.13. The van der Waals surface area contributed by atoms with Crippen LogP contribution in [0.15, 0.2) is 59.4 Å². The van der Waals surface area contributed by atoms with Gasteiger partial charge in [0.05, 0.1) is 5.71 Å². The lowest BCUT2D eigenvalue weighted by Crippen LogP contribution is -2.24. The van der Waals surface area contributed by atoms with E-state index in [0.29, 0.717) is 5.71 Å². The predicted octanol–water partition coefficient (Wildman–Crippen LogP) is 2.79. The minimum absolute atomic E-state index is 0.674. The highest BCUT2D eigenvalue weighted by Gasteiger charge is 2.10. The number of hydrogen-bond donors (Lipinski definition) is 1. The van der Waals surface area contributed by atoms with Crippen LogP contribution in [0.2, 0.25) is 0 Å². The summed E-state index contributed by atoms with van der Waals surface area (Å²) >= 11 is 0. The van der Waals surface area contributed by atoms with E-state index < -0.39 is 0 Å². The van der Waals surface area contributed by atoms with E-state index in [9.17, 15) is 0 Å². The van der Waals surface area contributed by atoms with E-state index in [1.165, 1.54) is 5.56 Å². The fraction of sp³-hybridized carbons (Fsp3) is 0.214. The average Bonchev–Trinajstić information content (AvgIpc) is 2.39. The van der Waals surface area contributed by atoms with Gasteiger partial charge in [-0.25, -0.2) is 0 Å². The highest BCUT2D eigenvalue weighted by molar-refractivity contribution is 5.98. The number of oxime groups is 1. The van der Waals surface area contributed by atoms with Crippen LogP contribution in [0.5, 0.6) is 0 Å². The van der Waals surface area contributed by atoms with Gasteiger partial charge in [0.15, 0.2) is 0 Å². The molecule has 1 heterocycles. The lowest BCUT2D eigenvalue weighted by molar-refractivity contribution is 0.317. The number of nitrogens with zero attached hydrogens (tertiary/aromatic N) is 2. The van der Waals surface area contributed by atoms with Gasteiger partial charge in [-0.05, 0) is 30.3 Å². The monoisotopic (exact) mass is 228 g/mol. The summed E-state index contributed by atoms with van der Waals surface area (Å²) in [5, 5.41) is 12.0. The molecule has 0 atom stereocenters. The maximum Gasteiger partial charge on any atom is 0.0814 e. The molecule has 1 aliphatic heterocycles. The van der Waals surface area contributed by atoms with E-state index in [2.05, 4.69) is 28.4 Å². The second-order valence-corrected chi connectivity index (χ2v) is 4.11. The Morgan fingerprint density at radius 1 is 1.35 bits per heavy atom. The Balaban J connectivity index is 2.02. The molecule has 3 heteroatoms. The van der Waals surface area contributed by atoms with Crippen LogP contribution in [0.3, 0.4) is 0 Å². The van der Waals surface area contributed by atoms with Gasteiger partial charge in [-0.2, -0.15) is 0 Å². The van der Waals surface area contributed by atoms with Crippen LogP contribution in [-0.4, -0.2) is 22.4 Å². The Kier molecular flexibility index (Phi) is 3.60. The van der Waals surface area contributed by atoms with Crippen molar-refractivity contribution in [3.63, 3.8) is 0 Å². The van der Waals surface area contributed by atoms with E-state index in [4.69, 9.17) is 5.21 Å². The summed E-state index contributed by atoms with van der Waals surface area (Å²) in [4.78, 5) is 2.19. The zero-order valence-electron chi connectivity index (χ0n) is 9.87. The van der Waals surface area contributed by atoms with Gasteiger partial charge in [-0.15, -0.1) is 0 Å². The Labute approximate surface area is 101 Å².